The molecule has 0 spiro atoms. The molecule has 1 aromatic rings. The third kappa shape index (κ3) is 3.33. The predicted octanol–water partition coefficient (Wildman–Crippen LogP) is 2.50. The molecule has 1 amide bonds. The lowest BCUT2D eigenvalue weighted by Gasteiger charge is -2.19. The second kappa shape index (κ2) is 5.85. The van der Waals surface area contributed by atoms with Crippen LogP contribution in [0.15, 0.2) is 28.7 Å². The van der Waals surface area contributed by atoms with Gasteiger partial charge in [-0.2, -0.15) is 0 Å². The van der Waals surface area contributed by atoms with E-state index in [1.807, 2.05) is 17.0 Å². The Morgan fingerprint density at radius 2 is 2.17 bits per heavy atom. The third-order valence-corrected chi connectivity index (χ3v) is 4.03. The molecule has 0 aromatic heterocycles. The maximum absolute atomic E-state index is 12.1. The monoisotopic (exact) mass is 310 g/mol. The molecule has 2 N–H and O–H groups in total. The zero-order valence-corrected chi connectivity index (χ0v) is 12.2. The van der Waals surface area contributed by atoms with Crippen LogP contribution >= 0.6 is 15.9 Å². The van der Waals surface area contributed by atoms with Crippen LogP contribution in [0, 0.1) is 0 Å². The molecule has 1 aliphatic rings. The summed E-state index contributed by atoms with van der Waals surface area (Å²) in [5.74, 6) is 0.473. The summed E-state index contributed by atoms with van der Waals surface area (Å²) in [6, 6.07) is 8.33. The van der Waals surface area contributed by atoms with E-state index in [0.29, 0.717) is 13.0 Å². The van der Waals surface area contributed by atoms with Crippen molar-refractivity contribution in [1.82, 2.24) is 4.90 Å². The summed E-state index contributed by atoms with van der Waals surface area (Å²) in [5, 5.41) is 0. The van der Waals surface area contributed by atoms with E-state index in [4.69, 9.17) is 5.73 Å². The molecule has 98 valence electrons. The van der Waals surface area contributed by atoms with Gasteiger partial charge in [-0.1, -0.05) is 35.0 Å². The van der Waals surface area contributed by atoms with E-state index in [1.54, 1.807) is 0 Å². The first-order valence-electron chi connectivity index (χ1n) is 6.35. The van der Waals surface area contributed by atoms with Gasteiger partial charge < -0.3 is 10.6 Å². The summed E-state index contributed by atoms with van der Waals surface area (Å²) < 4.78 is 1.07. The first kappa shape index (κ1) is 13.6. The predicted molar refractivity (Wildman–Crippen MR) is 76.3 cm³/mol. The Bertz CT molecular complexity index is 418. The molecule has 1 aliphatic heterocycles. The number of hydrogen-bond acceptors (Lipinski definition) is 2. The van der Waals surface area contributed by atoms with Crippen LogP contribution in [-0.2, 0) is 4.79 Å². The number of halogens is 1. The smallest absolute Gasteiger partial charge is 0.223 e. The quantitative estimate of drug-likeness (QED) is 0.932. The first-order valence-corrected chi connectivity index (χ1v) is 7.14. The fourth-order valence-corrected chi connectivity index (χ4v) is 2.58. The number of carbonyl (C=O) groups is 1. The Balaban J connectivity index is 1.92. The van der Waals surface area contributed by atoms with Crippen molar-refractivity contribution in [3.8, 4) is 0 Å². The van der Waals surface area contributed by atoms with Gasteiger partial charge in [-0.3, -0.25) is 4.79 Å². The summed E-state index contributed by atoms with van der Waals surface area (Å²) in [5.41, 5.74) is 7.03. The van der Waals surface area contributed by atoms with Crippen molar-refractivity contribution in [2.75, 3.05) is 13.1 Å². The molecule has 4 heteroatoms. The molecule has 1 heterocycles. The van der Waals surface area contributed by atoms with Crippen molar-refractivity contribution in [3.63, 3.8) is 0 Å². The maximum atomic E-state index is 12.1. The number of carbonyl (C=O) groups excluding carboxylic acids is 1. The number of rotatable bonds is 3. The highest BCUT2D eigenvalue weighted by Crippen LogP contribution is 2.23. The summed E-state index contributed by atoms with van der Waals surface area (Å²) in [4.78, 5) is 14.0. The molecule has 0 bridgehead atoms. The van der Waals surface area contributed by atoms with E-state index in [-0.39, 0.29) is 17.9 Å². The van der Waals surface area contributed by atoms with Crippen LogP contribution < -0.4 is 5.73 Å². The first-order chi connectivity index (χ1) is 8.56. The van der Waals surface area contributed by atoms with Gasteiger partial charge in [0.05, 0.1) is 0 Å². The lowest BCUT2D eigenvalue weighted by Crippen LogP contribution is -2.32. The van der Waals surface area contributed by atoms with Gasteiger partial charge in [0.15, 0.2) is 0 Å². The van der Waals surface area contributed by atoms with Crippen LogP contribution in [0.4, 0.5) is 0 Å². The summed E-state index contributed by atoms with van der Waals surface area (Å²) >= 11 is 3.42. The molecule has 1 saturated heterocycles. The fourth-order valence-electron chi connectivity index (χ4n) is 2.31. The molecule has 2 rings (SSSR count). The molecule has 0 radical (unpaired) electrons. The van der Waals surface area contributed by atoms with E-state index in [1.165, 1.54) is 5.56 Å². The molecule has 1 fully saturated rings. The van der Waals surface area contributed by atoms with Gasteiger partial charge in [-0.25, -0.2) is 0 Å². The zero-order chi connectivity index (χ0) is 13.1. The van der Waals surface area contributed by atoms with Crippen molar-refractivity contribution in [3.05, 3.63) is 34.3 Å². The number of hydrogen-bond donors (Lipinski definition) is 1. The van der Waals surface area contributed by atoms with Gasteiger partial charge in [0.1, 0.15) is 0 Å². The Labute approximate surface area is 116 Å². The normalized spacial score (nSPS) is 21.1. The minimum absolute atomic E-state index is 0.164. The van der Waals surface area contributed by atoms with Crippen molar-refractivity contribution < 1.29 is 4.79 Å². The summed E-state index contributed by atoms with van der Waals surface area (Å²) in [7, 11) is 0. The average Bonchev–Trinajstić information content (AvgIpc) is 2.76. The third-order valence-electron chi connectivity index (χ3n) is 3.50. The van der Waals surface area contributed by atoms with Crippen molar-refractivity contribution in [1.29, 1.82) is 0 Å². The second-order valence-electron chi connectivity index (χ2n) is 5.05. The standard InChI is InChI=1S/C14H19BrN2O/c1-10(11-2-4-12(15)5-3-11)8-14(18)17-7-6-13(16)9-17/h2-5,10,13H,6-9,16H2,1H3/t10?,13-/m1/s1. The molecular formula is C14H19BrN2O. The van der Waals surface area contributed by atoms with Crippen LogP contribution in [0.5, 0.6) is 0 Å². The molecule has 1 aromatic carbocycles. The number of nitrogens with two attached hydrogens (primary N) is 1. The number of nitrogens with zero attached hydrogens (tertiary/aromatic N) is 1. The highest BCUT2D eigenvalue weighted by Gasteiger charge is 2.24. The average molecular weight is 311 g/mol. The lowest BCUT2D eigenvalue weighted by atomic mass is 9.97. The molecule has 1 unspecified atom stereocenters. The minimum atomic E-state index is 0.164. The largest absolute Gasteiger partial charge is 0.341 e. The molecular weight excluding hydrogens is 292 g/mol. The Morgan fingerprint density at radius 3 is 2.72 bits per heavy atom. The molecule has 18 heavy (non-hydrogen) atoms. The minimum Gasteiger partial charge on any atom is -0.341 e. The van der Waals surface area contributed by atoms with E-state index in [0.717, 1.165) is 17.4 Å². The van der Waals surface area contributed by atoms with Crippen LogP contribution in [0.2, 0.25) is 0 Å². The number of benzene rings is 1. The molecule has 0 saturated carbocycles. The molecule has 0 aliphatic carbocycles. The Kier molecular flexibility index (Phi) is 4.40. The van der Waals surface area contributed by atoms with Gasteiger partial charge >= 0.3 is 0 Å². The van der Waals surface area contributed by atoms with Crippen LogP contribution in [0.1, 0.15) is 31.2 Å². The maximum Gasteiger partial charge on any atom is 0.223 e. The van der Waals surface area contributed by atoms with Crippen molar-refractivity contribution >= 4 is 21.8 Å². The lowest BCUT2D eigenvalue weighted by molar-refractivity contribution is -0.130. The van der Waals surface area contributed by atoms with Gasteiger partial charge in [0.2, 0.25) is 5.91 Å². The summed E-state index contributed by atoms with van der Waals surface area (Å²) in [6.45, 7) is 3.62. The van der Waals surface area contributed by atoms with E-state index >= 15 is 0 Å². The fraction of sp³-hybridized carbons (Fsp3) is 0.500. The Hall–Kier alpha value is -0.870. The second-order valence-corrected chi connectivity index (χ2v) is 5.96. The van der Waals surface area contributed by atoms with Crippen LogP contribution in [0.25, 0.3) is 0 Å². The van der Waals surface area contributed by atoms with E-state index in [9.17, 15) is 4.79 Å². The topological polar surface area (TPSA) is 46.3 Å². The van der Waals surface area contributed by atoms with Gasteiger partial charge in [0.25, 0.3) is 0 Å². The SMILES string of the molecule is CC(CC(=O)N1CC[C@@H](N)C1)c1ccc(Br)cc1. The highest BCUT2D eigenvalue weighted by molar-refractivity contribution is 9.10. The van der Waals surface area contributed by atoms with Gasteiger partial charge in [0, 0.05) is 30.0 Å². The van der Waals surface area contributed by atoms with Gasteiger partial charge in [-0.15, -0.1) is 0 Å². The summed E-state index contributed by atoms with van der Waals surface area (Å²) in [6.07, 6.45) is 1.49. The van der Waals surface area contributed by atoms with E-state index in [2.05, 4.69) is 35.0 Å². The zero-order valence-electron chi connectivity index (χ0n) is 10.6. The van der Waals surface area contributed by atoms with Crippen molar-refractivity contribution in [2.24, 2.45) is 5.73 Å². The molecule has 3 nitrogen and oxygen atoms in total. The van der Waals surface area contributed by atoms with Crippen molar-refractivity contribution in [2.45, 2.75) is 31.7 Å². The van der Waals surface area contributed by atoms with Gasteiger partial charge in [-0.05, 0) is 30.0 Å². The molecule has 2 atom stereocenters. The highest BCUT2D eigenvalue weighted by atomic mass is 79.9. The van der Waals surface area contributed by atoms with Crippen LogP contribution in [-0.4, -0.2) is 29.9 Å². The van der Waals surface area contributed by atoms with Crippen LogP contribution in [0.3, 0.4) is 0 Å². The Morgan fingerprint density at radius 1 is 1.50 bits per heavy atom. The number of amides is 1. The van der Waals surface area contributed by atoms with E-state index < -0.39 is 0 Å². The number of likely N-dealkylation sites (tertiary alicyclic amines) is 1.